The minimum absolute atomic E-state index is 0.0446. The molecule has 1 heterocycles. The van der Waals surface area contributed by atoms with Crippen LogP contribution in [0.25, 0.3) is 0 Å². The van der Waals surface area contributed by atoms with Gasteiger partial charge in [0.25, 0.3) is 5.91 Å². The Labute approximate surface area is 147 Å². The van der Waals surface area contributed by atoms with Crippen molar-refractivity contribution in [1.29, 1.82) is 0 Å². The van der Waals surface area contributed by atoms with Gasteiger partial charge in [0.1, 0.15) is 0 Å². The van der Waals surface area contributed by atoms with E-state index in [1.165, 1.54) is 20.3 Å². The summed E-state index contributed by atoms with van der Waals surface area (Å²) in [4.78, 5) is 13.3. The van der Waals surface area contributed by atoms with Crippen LogP contribution in [0.1, 0.15) is 12.0 Å². The van der Waals surface area contributed by atoms with E-state index >= 15 is 0 Å². The first-order chi connectivity index (χ1) is 11.8. The largest absolute Gasteiger partial charge is 0.493 e. The maximum atomic E-state index is 13.5. The van der Waals surface area contributed by atoms with Crippen molar-refractivity contribution in [2.75, 3.05) is 27.4 Å². The van der Waals surface area contributed by atoms with E-state index in [4.69, 9.17) is 14.7 Å². The Morgan fingerprint density at radius 3 is 2.64 bits per heavy atom. The number of hydrogen-bond donors (Lipinski definition) is 2. The number of methoxy groups -OCH3 is 2. The van der Waals surface area contributed by atoms with Crippen molar-refractivity contribution in [3.63, 3.8) is 0 Å². The summed E-state index contributed by atoms with van der Waals surface area (Å²) in [6.07, 6.45) is 0.585. The zero-order chi connectivity index (χ0) is 18.6. The summed E-state index contributed by atoms with van der Waals surface area (Å²) in [6, 6.07) is 2.59. The molecule has 0 aliphatic carbocycles. The lowest BCUT2D eigenvalue weighted by Crippen LogP contribution is -2.54. The van der Waals surface area contributed by atoms with Gasteiger partial charge in [-0.1, -0.05) is 0 Å². The SMILES string of the molecule is COc1cc(CN2CCC2C(=O)NO)cc(SC(F)(F)CF)c1OC. The third-order valence-electron chi connectivity index (χ3n) is 3.85. The molecule has 1 aromatic rings. The number of carbonyl (C=O) groups is 1. The van der Waals surface area contributed by atoms with Crippen molar-refractivity contribution in [3.05, 3.63) is 17.7 Å². The van der Waals surface area contributed by atoms with E-state index in [0.717, 1.165) is 0 Å². The van der Waals surface area contributed by atoms with E-state index in [1.54, 1.807) is 16.4 Å². The fourth-order valence-corrected chi connectivity index (χ4v) is 3.44. The Morgan fingerprint density at radius 2 is 2.16 bits per heavy atom. The Morgan fingerprint density at radius 1 is 1.44 bits per heavy atom. The second-order valence-corrected chi connectivity index (χ2v) is 6.69. The quantitative estimate of drug-likeness (QED) is 0.410. The molecule has 0 bridgehead atoms. The van der Waals surface area contributed by atoms with Crippen LogP contribution >= 0.6 is 11.8 Å². The number of thioether (sulfide) groups is 1. The van der Waals surface area contributed by atoms with Crippen molar-refractivity contribution >= 4 is 17.7 Å². The van der Waals surface area contributed by atoms with Crippen molar-refractivity contribution < 1.29 is 32.6 Å². The highest BCUT2D eigenvalue weighted by molar-refractivity contribution is 8.00. The van der Waals surface area contributed by atoms with Gasteiger partial charge in [0.15, 0.2) is 18.2 Å². The van der Waals surface area contributed by atoms with Gasteiger partial charge in [-0.25, -0.2) is 9.87 Å². The van der Waals surface area contributed by atoms with Crippen LogP contribution in [0, 0.1) is 0 Å². The summed E-state index contributed by atoms with van der Waals surface area (Å²) in [5.41, 5.74) is 2.21. The molecule has 1 aromatic carbocycles. The van der Waals surface area contributed by atoms with Crippen LogP contribution < -0.4 is 15.0 Å². The summed E-state index contributed by atoms with van der Waals surface area (Å²) in [7, 11) is 2.68. The number of ether oxygens (including phenoxy) is 2. The van der Waals surface area contributed by atoms with Crippen LogP contribution in [0.15, 0.2) is 17.0 Å². The van der Waals surface area contributed by atoms with E-state index in [-0.39, 0.29) is 34.7 Å². The molecule has 2 N–H and O–H groups in total. The maximum absolute atomic E-state index is 13.5. The van der Waals surface area contributed by atoms with Gasteiger partial charge in [-0.2, -0.15) is 8.78 Å². The lowest BCUT2D eigenvalue weighted by atomic mass is 10.0. The number of hydroxylamine groups is 1. The van der Waals surface area contributed by atoms with Crippen molar-refractivity contribution in [1.82, 2.24) is 10.4 Å². The zero-order valence-electron chi connectivity index (χ0n) is 13.7. The van der Waals surface area contributed by atoms with E-state index in [2.05, 4.69) is 0 Å². The fraction of sp³-hybridized carbons (Fsp3) is 0.533. The van der Waals surface area contributed by atoms with Crippen molar-refractivity contribution in [3.8, 4) is 11.5 Å². The second-order valence-electron chi connectivity index (χ2n) is 5.45. The molecule has 1 saturated heterocycles. The van der Waals surface area contributed by atoms with Gasteiger partial charge in [0, 0.05) is 13.1 Å². The van der Waals surface area contributed by atoms with Gasteiger partial charge in [0.05, 0.1) is 25.2 Å². The van der Waals surface area contributed by atoms with Gasteiger partial charge in [0.2, 0.25) is 0 Å². The lowest BCUT2D eigenvalue weighted by Gasteiger charge is -2.39. The number of nitrogens with one attached hydrogen (secondary N) is 1. The molecule has 0 saturated carbocycles. The number of likely N-dealkylation sites (tertiary alicyclic amines) is 1. The normalized spacial score (nSPS) is 17.8. The number of hydrogen-bond acceptors (Lipinski definition) is 6. The smallest absolute Gasteiger partial charge is 0.326 e. The highest BCUT2D eigenvalue weighted by Gasteiger charge is 2.35. The van der Waals surface area contributed by atoms with Gasteiger partial charge in [-0.05, 0) is 35.9 Å². The first kappa shape index (κ1) is 19.7. The van der Waals surface area contributed by atoms with E-state index in [0.29, 0.717) is 18.5 Å². The highest BCUT2D eigenvalue weighted by atomic mass is 32.2. The highest BCUT2D eigenvalue weighted by Crippen LogP contribution is 2.45. The van der Waals surface area contributed by atoms with Crippen molar-refractivity contribution in [2.45, 2.75) is 29.2 Å². The first-order valence-electron chi connectivity index (χ1n) is 7.41. The van der Waals surface area contributed by atoms with Crippen LogP contribution in [0.3, 0.4) is 0 Å². The number of alkyl halides is 3. The number of nitrogens with zero attached hydrogens (tertiary/aromatic N) is 1. The summed E-state index contributed by atoms with van der Waals surface area (Å²) < 4.78 is 49.8. The Kier molecular flexibility index (Phi) is 6.42. The third kappa shape index (κ3) is 4.50. The van der Waals surface area contributed by atoms with Crippen LogP contribution in [0.2, 0.25) is 0 Å². The molecule has 2 rings (SSSR count). The van der Waals surface area contributed by atoms with E-state index in [1.807, 2.05) is 0 Å². The first-order valence-corrected chi connectivity index (χ1v) is 8.22. The molecular weight excluding hydrogens is 361 g/mol. The Bertz CT molecular complexity index is 633. The van der Waals surface area contributed by atoms with Gasteiger partial charge >= 0.3 is 5.25 Å². The van der Waals surface area contributed by atoms with E-state index < -0.39 is 23.9 Å². The number of rotatable bonds is 8. The number of halogens is 3. The van der Waals surface area contributed by atoms with Crippen molar-refractivity contribution in [2.24, 2.45) is 0 Å². The monoisotopic (exact) mass is 380 g/mol. The topological polar surface area (TPSA) is 71.0 Å². The summed E-state index contributed by atoms with van der Waals surface area (Å²) in [5.74, 6) is -0.191. The molecule has 0 aromatic heterocycles. The fourth-order valence-electron chi connectivity index (χ4n) is 2.57. The molecule has 0 spiro atoms. The Balaban J connectivity index is 2.28. The molecule has 0 radical (unpaired) electrons. The zero-order valence-corrected chi connectivity index (χ0v) is 14.5. The minimum atomic E-state index is -3.59. The summed E-state index contributed by atoms with van der Waals surface area (Å²) in [5, 5.41) is 5.13. The summed E-state index contributed by atoms with van der Waals surface area (Å²) in [6.45, 7) is -0.902. The third-order valence-corrected chi connectivity index (χ3v) is 4.78. The predicted octanol–water partition coefficient (Wildman–Crippen LogP) is 2.44. The van der Waals surface area contributed by atoms with Gasteiger partial charge in [-0.3, -0.25) is 14.9 Å². The van der Waals surface area contributed by atoms with Gasteiger partial charge < -0.3 is 9.47 Å². The van der Waals surface area contributed by atoms with Crippen LogP contribution in [0.4, 0.5) is 13.2 Å². The molecule has 25 heavy (non-hydrogen) atoms. The molecule has 6 nitrogen and oxygen atoms in total. The lowest BCUT2D eigenvalue weighted by molar-refractivity contribution is -0.139. The van der Waals surface area contributed by atoms with Gasteiger partial charge in [-0.15, -0.1) is 0 Å². The van der Waals surface area contributed by atoms with Crippen LogP contribution in [0.5, 0.6) is 11.5 Å². The van der Waals surface area contributed by atoms with Crippen LogP contribution in [-0.4, -0.2) is 54.7 Å². The molecule has 1 unspecified atom stereocenters. The maximum Gasteiger partial charge on any atom is 0.326 e. The molecule has 1 atom stereocenters. The second kappa shape index (κ2) is 8.15. The molecular formula is C15H19F3N2O4S. The molecule has 1 aliphatic rings. The molecule has 1 amide bonds. The average Bonchev–Trinajstić information content (AvgIpc) is 2.57. The minimum Gasteiger partial charge on any atom is -0.493 e. The molecule has 1 fully saturated rings. The summed E-state index contributed by atoms with van der Waals surface area (Å²) >= 11 is 0.0540. The number of amides is 1. The molecule has 10 heteroatoms. The average molecular weight is 380 g/mol. The van der Waals surface area contributed by atoms with E-state index in [9.17, 15) is 18.0 Å². The molecule has 1 aliphatic heterocycles. The predicted molar refractivity (Wildman–Crippen MR) is 85.1 cm³/mol. The standard InChI is InChI=1S/C15H19F3N2O4S/c1-23-11-5-9(7-20-4-3-10(20)14(21)19-22)6-12(13(11)24-2)25-15(17,18)8-16/h5-6,10,22H,3-4,7-8H2,1-2H3,(H,19,21). The number of carbonyl (C=O) groups excluding carboxylic acids is 1. The van der Waals surface area contributed by atoms with Crippen LogP contribution in [-0.2, 0) is 11.3 Å². The Hall–Kier alpha value is -1.65. The molecule has 140 valence electrons. The number of benzene rings is 1.